The Balaban J connectivity index is 1.50. The van der Waals surface area contributed by atoms with Crippen LogP contribution in [0.4, 0.5) is 10.5 Å². The van der Waals surface area contributed by atoms with E-state index in [1.54, 1.807) is 43.0 Å². The number of aryl methyl sites for hydroxylation is 2. The van der Waals surface area contributed by atoms with Gasteiger partial charge in [0.25, 0.3) is 0 Å². The molecule has 0 spiro atoms. The maximum atomic E-state index is 12.8. The first kappa shape index (κ1) is 26.9. The summed E-state index contributed by atoms with van der Waals surface area (Å²) in [5.41, 5.74) is 5.51. The summed E-state index contributed by atoms with van der Waals surface area (Å²) >= 11 is 1.60. The molecule has 4 rings (SSSR count). The highest BCUT2D eigenvalue weighted by Gasteiger charge is 2.21. The van der Waals surface area contributed by atoms with Gasteiger partial charge in [-0.25, -0.2) is 9.59 Å². The van der Waals surface area contributed by atoms with Crippen LogP contribution in [0.5, 0.6) is 0 Å². The molecule has 0 fully saturated rings. The number of esters is 1. The second-order valence-electron chi connectivity index (χ2n) is 8.84. The van der Waals surface area contributed by atoms with E-state index in [1.807, 2.05) is 54.8 Å². The minimum Gasteiger partial charge on any atom is -0.462 e. The van der Waals surface area contributed by atoms with E-state index in [9.17, 15) is 9.59 Å². The number of thioether (sulfide) groups is 1. The maximum absolute atomic E-state index is 12.8. The van der Waals surface area contributed by atoms with Crippen LogP contribution < -0.4 is 10.6 Å². The van der Waals surface area contributed by atoms with E-state index >= 15 is 0 Å². The molecule has 1 atom stereocenters. The van der Waals surface area contributed by atoms with Crippen molar-refractivity contribution in [1.29, 1.82) is 0 Å². The fourth-order valence-corrected chi connectivity index (χ4v) is 4.87. The summed E-state index contributed by atoms with van der Waals surface area (Å²) < 4.78 is 6.99. The summed E-state index contributed by atoms with van der Waals surface area (Å²) in [7, 11) is 0. The average Bonchev–Trinajstić information content (AvgIpc) is 3.33. The number of urea groups is 1. The van der Waals surface area contributed by atoms with Gasteiger partial charge in [0.15, 0.2) is 11.0 Å². The lowest BCUT2D eigenvalue weighted by Crippen LogP contribution is -2.32. The zero-order valence-corrected chi connectivity index (χ0v) is 22.7. The summed E-state index contributed by atoms with van der Waals surface area (Å²) in [6.07, 6.45) is 0. The van der Waals surface area contributed by atoms with Crippen molar-refractivity contribution in [3.63, 3.8) is 0 Å². The quantitative estimate of drug-likeness (QED) is 0.197. The second kappa shape index (κ2) is 12.4. The van der Waals surface area contributed by atoms with Crippen molar-refractivity contribution in [2.24, 2.45) is 0 Å². The maximum Gasteiger partial charge on any atom is 0.338 e. The van der Waals surface area contributed by atoms with Crippen LogP contribution in [0.2, 0.25) is 0 Å². The summed E-state index contributed by atoms with van der Waals surface area (Å²) in [4.78, 5) is 24.6. The Morgan fingerprint density at radius 1 is 0.974 bits per heavy atom. The topological polar surface area (TPSA) is 98.1 Å². The Morgan fingerprint density at radius 2 is 1.68 bits per heavy atom. The largest absolute Gasteiger partial charge is 0.462 e. The van der Waals surface area contributed by atoms with Gasteiger partial charge in [0.2, 0.25) is 0 Å². The molecule has 0 radical (unpaired) electrons. The Kier molecular flexibility index (Phi) is 8.81. The van der Waals surface area contributed by atoms with E-state index in [0.29, 0.717) is 23.7 Å². The van der Waals surface area contributed by atoms with E-state index in [4.69, 9.17) is 4.74 Å². The van der Waals surface area contributed by atoms with Crippen molar-refractivity contribution < 1.29 is 14.3 Å². The van der Waals surface area contributed by atoms with Crippen molar-refractivity contribution in [2.75, 3.05) is 11.9 Å². The van der Waals surface area contributed by atoms with Crippen molar-refractivity contribution in [1.82, 2.24) is 20.1 Å². The number of carbonyl (C=O) groups is 2. The van der Waals surface area contributed by atoms with Crippen molar-refractivity contribution >= 4 is 29.4 Å². The van der Waals surface area contributed by atoms with Gasteiger partial charge in [-0.2, -0.15) is 0 Å². The number of ether oxygens (including phenoxy) is 1. The smallest absolute Gasteiger partial charge is 0.338 e. The van der Waals surface area contributed by atoms with Gasteiger partial charge in [-0.1, -0.05) is 53.7 Å². The molecule has 0 aliphatic rings. The third-order valence-corrected chi connectivity index (χ3v) is 6.94. The van der Waals surface area contributed by atoms with Crippen molar-refractivity contribution in [3.8, 4) is 5.69 Å². The first-order valence-corrected chi connectivity index (χ1v) is 13.4. The van der Waals surface area contributed by atoms with Gasteiger partial charge in [0.1, 0.15) is 0 Å². The number of aromatic nitrogens is 3. The standard InChI is InChI=1S/C29H31N5O3S/c1-5-37-27(35)22-12-14-24(15-13-22)31-28(36)30-21(4)26-32-33-29(34(26)25-16-10-19(2)11-17-25)38-18-23-9-7-6-8-20(23)3/h6-17,21H,5,18H2,1-4H3,(H2,30,31,36). The highest BCUT2D eigenvalue weighted by Crippen LogP contribution is 2.28. The molecule has 0 bridgehead atoms. The minimum atomic E-state index is -0.435. The lowest BCUT2D eigenvalue weighted by molar-refractivity contribution is 0.0526. The molecular weight excluding hydrogens is 498 g/mol. The monoisotopic (exact) mass is 529 g/mol. The number of amides is 2. The van der Waals surface area contributed by atoms with E-state index in [-0.39, 0.29) is 0 Å². The first-order chi connectivity index (χ1) is 18.4. The lowest BCUT2D eigenvalue weighted by Gasteiger charge is -2.17. The van der Waals surface area contributed by atoms with Gasteiger partial charge < -0.3 is 15.4 Å². The van der Waals surface area contributed by atoms with Gasteiger partial charge in [-0.15, -0.1) is 10.2 Å². The molecule has 1 aromatic heterocycles. The fourth-order valence-electron chi connectivity index (χ4n) is 3.84. The molecule has 38 heavy (non-hydrogen) atoms. The molecule has 1 heterocycles. The summed E-state index contributed by atoms with van der Waals surface area (Å²) in [5, 5.41) is 15.4. The van der Waals surface area contributed by atoms with Crippen molar-refractivity contribution in [2.45, 2.75) is 44.6 Å². The van der Waals surface area contributed by atoms with Crippen LogP contribution in [-0.4, -0.2) is 33.4 Å². The molecule has 1 unspecified atom stereocenters. The Hall–Kier alpha value is -4.11. The Labute approximate surface area is 226 Å². The fraction of sp³-hybridized carbons (Fsp3) is 0.241. The molecule has 0 aliphatic heterocycles. The summed E-state index contributed by atoms with van der Waals surface area (Å²) in [6.45, 7) is 8.07. The Bertz CT molecular complexity index is 1400. The normalized spacial score (nSPS) is 11.6. The van der Waals surface area contributed by atoms with E-state index in [1.165, 1.54) is 11.1 Å². The third kappa shape index (κ3) is 6.60. The first-order valence-electron chi connectivity index (χ1n) is 12.4. The molecule has 0 saturated heterocycles. The molecule has 0 aliphatic carbocycles. The molecule has 3 aromatic carbocycles. The second-order valence-corrected chi connectivity index (χ2v) is 9.79. The lowest BCUT2D eigenvalue weighted by atomic mass is 10.1. The number of benzene rings is 3. The Morgan fingerprint density at radius 3 is 2.37 bits per heavy atom. The van der Waals surface area contributed by atoms with Gasteiger partial charge in [-0.3, -0.25) is 4.57 Å². The van der Waals surface area contributed by atoms with E-state index in [0.717, 1.165) is 22.2 Å². The summed E-state index contributed by atoms with van der Waals surface area (Å²) in [5.74, 6) is 0.971. The van der Waals surface area contributed by atoms with E-state index in [2.05, 4.69) is 39.9 Å². The summed E-state index contributed by atoms with van der Waals surface area (Å²) in [6, 6.07) is 22.1. The molecule has 2 N–H and O–H groups in total. The van der Waals surface area contributed by atoms with Crippen LogP contribution >= 0.6 is 11.8 Å². The third-order valence-electron chi connectivity index (χ3n) is 5.96. The molecular formula is C29H31N5O3S. The molecule has 196 valence electrons. The minimum absolute atomic E-state index is 0.304. The molecule has 8 nitrogen and oxygen atoms in total. The zero-order chi connectivity index (χ0) is 27.1. The number of nitrogens with one attached hydrogen (secondary N) is 2. The molecule has 0 saturated carbocycles. The van der Waals surface area contributed by atoms with Gasteiger partial charge in [0, 0.05) is 17.1 Å². The van der Waals surface area contributed by atoms with Gasteiger partial charge in [0.05, 0.1) is 18.2 Å². The predicted molar refractivity (Wildman–Crippen MR) is 150 cm³/mol. The number of hydrogen-bond donors (Lipinski definition) is 2. The van der Waals surface area contributed by atoms with Crippen LogP contribution in [0.1, 0.15) is 52.8 Å². The predicted octanol–water partition coefficient (Wildman–Crippen LogP) is 6.24. The zero-order valence-electron chi connectivity index (χ0n) is 21.9. The van der Waals surface area contributed by atoms with Crippen LogP contribution in [0.15, 0.2) is 78.0 Å². The molecule has 4 aromatic rings. The molecule has 9 heteroatoms. The molecule has 2 amide bonds. The highest BCUT2D eigenvalue weighted by molar-refractivity contribution is 7.98. The number of carbonyl (C=O) groups excluding carboxylic acids is 2. The SMILES string of the molecule is CCOC(=O)c1ccc(NC(=O)NC(C)c2nnc(SCc3ccccc3C)n2-c2ccc(C)cc2)cc1. The van der Waals surface area contributed by atoms with Crippen LogP contribution in [0.25, 0.3) is 5.69 Å². The highest BCUT2D eigenvalue weighted by atomic mass is 32.2. The average molecular weight is 530 g/mol. The number of anilines is 1. The van der Waals surface area contributed by atoms with Gasteiger partial charge >= 0.3 is 12.0 Å². The number of nitrogens with zero attached hydrogens (tertiary/aromatic N) is 3. The number of hydrogen-bond acceptors (Lipinski definition) is 6. The van der Waals surface area contributed by atoms with Crippen LogP contribution in [0.3, 0.4) is 0 Å². The van der Waals surface area contributed by atoms with Crippen LogP contribution in [0, 0.1) is 13.8 Å². The van der Waals surface area contributed by atoms with Crippen molar-refractivity contribution in [3.05, 3.63) is 101 Å². The van der Waals surface area contributed by atoms with Gasteiger partial charge in [-0.05, 0) is 75.2 Å². The van der Waals surface area contributed by atoms with Crippen LogP contribution in [-0.2, 0) is 10.5 Å². The van der Waals surface area contributed by atoms with E-state index < -0.39 is 18.0 Å². The number of rotatable bonds is 9.